The second-order valence-corrected chi connectivity index (χ2v) is 9.89. The third kappa shape index (κ3) is 5.59. The van der Waals surface area contributed by atoms with Crippen molar-refractivity contribution < 1.29 is 8.42 Å². The summed E-state index contributed by atoms with van der Waals surface area (Å²) in [6.07, 6.45) is 1.63. The lowest BCUT2D eigenvalue weighted by Gasteiger charge is -2.34. The maximum absolute atomic E-state index is 12.7. The molecular weight excluding hydrogens is 382 g/mol. The summed E-state index contributed by atoms with van der Waals surface area (Å²) in [5.41, 5.74) is 5.20. The molecule has 2 aromatic carbocycles. The molecule has 0 aromatic heterocycles. The van der Waals surface area contributed by atoms with Crippen molar-refractivity contribution in [3.8, 4) is 0 Å². The Morgan fingerprint density at radius 2 is 1.52 bits per heavy atom. The van der Waals surface area contributed by atoms with Crippen molar-refractivity contribution in [1.29, 1.82) is 0 Å². The first kappa shape index (κ1) is 21.8. The first-order valence-electron chi connectivity index (χ1n) is 10.4. The molecule has 1 N–H and O–H groups in total. The van der Waals surface area contributed by atoms with E-state index in [1.807, 2.05) is 32.9 Å². The average Bonchev–Trinajstić information content (AvgIpc) is 2.65. The molecule has 6 heteroatoms. The Balaban J connectivity index is 1.51. The molecule has 5 nitrogen and oxygen atoms in total. The third-order valence-electron chi connectivity index (χ3n) is 5.61. The fourth-order valence-corrected chi connectivity index (χ4v) is 5.62. The summed E-state index contributed by atoms with van der Waals surface area (Å²) >= 11 is 0. The summed E-state index contributed by atoms with van der Waals surface area (Å²) in [4.78, 5) is 5.19. The minimum atomic E-state index is -3.48. The van der Waals surface area contributed by atoms with Gasteiger partial charge in [0.1, 0.15) is 0 Å². The fourth-order valence-electron chi connectivity index (χ4n) is 4.10. The highest BCUT2D eigenvalue weighted by Crippen LogP contribution is 2.22. The van der Waals surface area contributed by atoms with Crippen LogP contribution in [-0.2, 0) is 16.4 Å². The standard InChI is InChI=1S/C23H33N3O2S/c1-18-16-19(2)23(20(3)17-18)29(27,28)24-11-5-6-21-7-9-22(10-8-21)26-14-12-25(4)13-15-26/h7-10,16-17,24H,5-6,11-15H2,1-4H3. The second kappa shape index (κ2) is 9.28. The summed E-state index contributed by atoms with van der Waals surface area (Å²) in [6, 6.07) is 12.5. The SMILES string of the molecule is Cc1cc(C)c(S(=O)(=O)NCCCc2ccc(N3CCN(C)CC3)cc2)c(C)c1. The summed E-state index contributed by atoms with van der Waals surface area (Å²) in [7, 11) is -1.32. The van der Waals surface area contributed by atoms with Gasteiger partial charge in [-0.15, -0.1) is 0 Å². The van der Waals surface area contributed by atoms with Crippen molar-refractivity contribution in [2.24, 2.45) is 0 Å². The Labute approximate surface area is 175 Å². The van der Waals surface area contributed by atoms with E-state index in [9.17, 15) is 8.42 Å². The van der Waals surface area contributed by atoms with Crippen molar-refractivity contribution in [2.75, 3.05) is 44.7 Å². The Bertz CT molecular complexity index is 908. The molecule has 158 valence electrons. The highest BCUT2D eigenvalue weighted by Gasteiger charge is 2.19. The number of aryl methyl sites for hydroxylation is 4. The molecule has 0 amide bonds. The molecule has 3 rings (SSSR count). The van der Waals surface area contributed by atoms with Crippen LogP contribution in [0.25, 0.3) is 0 Å². The number of piperazine rings is 1. The molecule has 0 atom stereocenters. The van der Waals surface area contributed by atoms with Crippen molar-refractivity contribution in [3.63, 3.8) is 0 Å². The number of nitrogens with zero attached hydrogens (tertiary/aromatic N) is 2. The van der Waals surface area contributed by atoms with Crippen LogP contribution in [0.3, 0.4) is 0 Å². The van der Waals surface area contributed by atoms with E-state index in [0.717, 1.165) is 55.7 Å². The Morgan fingerprint density at radius 3 is 2.10 bits per heavy atom. The average molecular weight is 416 g/mol. The smallest absolute Gasteiger partial charge is 0.241 e. The number of benzene rings is 2. The lowest BCUT2D eigenvalue weighted by atomic mass is 10.1. The van der Waals surface area contributed by atoms with E-state index in [2.05, 4.69) is 45.8 Å². The highest BCUT2D eigenvalue weighted by atomic mass is 32.2. The Kier molecular flexibility index (Phi) is 6.98. The number of anilines is 1. The van der Waals surface area contributed by atoms with Gasteiger partial charge in [-0.05, 0) is 69.5 Å². The topological polar surface area (TPSA) is 52.7 Å². The molecule has 29 heavy (non-hydrogen) atoms. The van der Waals surface area contributed by atoms with Gasteiger partial charge >= 0.3 is 0 Å². The summed E-state index contributed by atoms with van der Waals surface area (Å²) in [6.45, 7) is 10.5. The van der Waals surface area contributed by atoms with Crippen LogP contribution in [0, 0.1) is 20.8 Å². The first-order valence-corrected chi connectivity index (χ1v) is 11.8. The largest absolute Gasteiger partial charge is 0.369 e. The molecule has 0 spiro atoms. The predicted molar refractivity (Wildman–Crippen MR) is 120 cm³/mol. The van der Waals surface area contributed by atoms with Gasteiger partial charge in [0.2, 0.25) is 10.0 Å². The van der Waals surface area contributed by atoms with Crippen molar-refractivity contribution in [1.82, 2.24) is 9.62 Å². The van der Waals surface area contributed by atoms with Crippen molar-refractivity contribution in [3.05, 3.63) is 58.7 Å². The van der Waals surface area contributed by atoms with Gasteiger partial charge in [0, 0.05) is 38.4 Å². The van der Waals surface area contributed by atoms with Crippen LogP contribution in [0.15, 0.2) is 41.3 Å². The monoisotopic (exact) mass is 415 g/mol. The van der Waals surface area contributed by atoms with E-state index < -0.39 is 10.0 Å². The van der Waals surface area contributed by atoms with Gasteiger partial charge in [-0.3, -0.25) is 0 Å². The van der Waals surface area contributed by atoms with Crippen LogP contribution in [0.4, 0.5) is 5.69 Å². The van der Waals surface area contributed by atoms with Gasteiger partial charge < -0.3 is 9.80 Å². The number of hydrogen-bond donors (Lipinski definition) is 1. The van der Waals surface area contributed by atoms with Gasteiger partial charge in [0.15, 0.2) is 0 Å². The van der Waals surface area contributed by atoms with Crippen LogP contribution >= 0.6 is 0 Å². The molecular formula is C23H33N3O2S. The number of hydrogen-bond acceptors (Lipinski definition) is 4. The second-order valence-electron chi connectivity index (χ2n) is 8.19. The molecule has 1 aliphatic rings. The van der Waals surface area contributed by atoms with E-state index in [1.54, 1.807) is 0 Å². The molecule has 0 unspecified atom stereocenters. The molecule has 0 saturated carbocycles. The predicted octanol–water partition coefficient (Wildman–Crippen LogP) is 3.27. The fraction of sp³-hybridized carbons (Fsp3) is 0.478. The van der Waals surface area contributed by atoms with Gasteiger partial charge in [-0.2, -0.15) is 0 Å². The molecule has 1 fully saturated rings. The number of sulfonamides is 1. The summed E-state index contributed by atoms with van der Waals surface area (Å²) < 4.78 is 28.2. The van der Waals surface area contributed by atoms with Gasteiger partial charge in [0.25, 0.3) is 0 Å². The molecule has 0 bridgehead atoms. The zero-order chi connectivity index (χ0) is 21.0. The van der Waals surface area contributed by atoms with Gasteiger partial charge in [-0.1, -0.05) is 29.8 Å². The van der Waals surface area contributed by atoms with E-state index in [-0.39, 0.29) is 0 Å². The maximum atomic E-state index is 12.7. The minimum Gasteiger partial charge on any atom is -0.369 e. The van der Waals surface area contributed by atoms with Crippen LogP contribution in [0.2, 0.25) is 0 Å². The van der Waals surface area contributed by atoms with Crippen LogP contribution in [0.1, 0.15) is 28.7 Å². The molecule has 0 aliphatic carbocycles. The Hall–Kier alpha value is -1.89. The number of likely N-dealkylation sites (N-methyl/N-ethyl adjacent to an activating group) is 1. The maximum Gasteiger partial charge on any atom is 0.241 e. The molecule has 0 radical (unpaired) electrons. The quantitative estimate of drug-likeness (QED) is 0.705. The Morgan fingerprint density at radius 1 is 0.931 bits per heavy atom. The van der Waals surface area contributed by atoms with Gasteiger partial charge in [0.05, 0.1) is 4.90 Å². The molecule has 1 heterocycles. The van der Waals surface area contributed by atoms with Crippen LogP contribution < -0.4 is 9.62 Å². The lowest BCUT2D eigenvalue weighted by Crippen LogP contribution is -2.44. The minimum absolute atomic E-state index is 0.416. The number of rotatable bonds is 7. The van der Waals surface area contributed by atoms with E-state index >= 15 is 0 Å². The number of nitrogens with one attached hydrogen (secondary N) is 1. The normalized spacial score (nSPS) is 15.7. The zero-order valence-electron chi connectivity index (χ0n) is 18.0. The molecule has 1 saturated heterocycles. The molecule has 2 aromatic rings. The van der Waals surface area contributed by atoms with Crippen LogP contribution in [-0.4, -0.2) is 53.1 Å². The van der Waals surface area contributed by atoms with Crippen molar-refractivity contribution >= 4 is 15.7 Å². The lowest BCUT2D eigenvalue weighted by molar-refractivity contribution is 0.313. The van der Waals surface area contributed by atoms with Gasteiger partial charge in [-0.25, -0.2) is 13.1 Å². The summed E-state index contributed by atoms with van der Waals surface area (Å²) in [5.74, 6) is 0. The van der Waals surface area contributed by atoms with E-state index in [0.29, 0.717) is 11.4 Å². The van der Waals surface area contributed by atoms with Crippen molar-refractivity contribution in [2.45, 2.75) is 38.5 Å². The van der Waals surface area contributed by atoms with E-state index in [1.165, 1.54) is 11.3 Å². The molecule has 1 aliphatic heterocycles. The zero-order valence-corrected chi connectivity index (χ0v) is 18.8. The first-order chi connectivity index (χ1) is 13.8. The summed E-state index contributed by atoms with van der Waals surface area (Å²) in [5, 5.41) is 0. The van der Waals surface area contributed by atoms with Crippen LogP contribution in [0.5, 0.6) is 0 Å². The highest BCUT2D eigenvalue weighted by molar-refractivity contribution is 7.89. The third-order valence-corrected chi connectivity index (χ3v) is 7.38. The van der Waals surface area contributed by atoms with E-state index in [4.69, 9.17) is 0 Å².